The highest BCUT2D eigenvalue weighted by molar-refractivity contribution is 5.75. The van der Waals surface area contributed by atoms with Crippen LogP contribution in [0.1, 0.15) is 18.9 Å². The Morgan fingerprint density at radius 1 is 1.10 bits per heavy atom. The van der Waals surface area contributed by atoms with Crippen molar-refractivity contribution >= 4 is 5.82 Å². The van der Waals surface area contributed by atoms with Crippen molar-refractivity contribution in [3.63, 3.8) is 0 Å². The zero-order valence-corrected chi connectivity index (χ0v) is 15.7. The molecule has 4 N–H and O–H groups in total. The molecule has 1 atom stereocenters. The molecule has 3 aromatic rings. The monoisotopic (exact) mass is 402 g/mol. The van der Waals surface area contributed by atoms with Crippen LogP contribution in [0.2, 0.25) is 0 Å². The van der Waals surface area contributed by atoms with Crippen LogP contribution in [-0.2, 0) is 6.18 Å². The van der Waals surface area contributed by atoms with Gasteiger partial charge in [0.15, 0.2) is 5.82 Å². The topological polar surface area (TPSA) is 84.1 Å². The zero-order chi connectivity index (χ0) is 21.0. The molecule has 0 radical (unpaired) electrons. The highest BCUT2D eigenvalue weighted by Crippen LogP contribution is 2.35. The molecule has 0 unspecified atom stereocenters. The number of nitrogens with zero attached hydrogens (tertiary/aromatic N) is 2. The molecule has 8 heteroatoms. The first-order chi connectivity index (χ1) is 13.8. The van der Waals surface area contributed by atoms with Gasteiger partial charge in [0.2, 0.25) is 0 Å². The smallest absolute Gasteiger partial charge is 0.416 e. The Labute approximate surface area is 166 Å². The van der Waals surface area contributed by atoms with E-state index in [1.807, 2.05) is 6.92 Å². The Kier molecular flexibility index (Phi) is 6.03. The van der Waals surface area contributed by atoms with Crippen LogP contribution in [0.4, 0.5) is 19.0 Å². The lowest BCUT2D eigenvalue weighted by Crippen LogP contribution is -2.28. The van der Waals surface area contributed by atoms with Gasteiger partial charge in [0.05, 0.1) is 11.1 Å². The second-order valence-corrected chi connectivity index (χ2v) is 6.63. The second kappa shape index (κ2) is 8.48. The van der Waals surface area contributed by atoms with E-state index in [9.17, 15) is 18.3 Å². The largest absolute Gasteiger partial charge is 0.507 e. The van der Waals surface area contributed by atoms with Crippen LogP contribution in [0.15, 0.2) is 54.7 Å². The summed E-state index contributed by atoms with van der Waals surface area (Å²) in [6.07, 6.45) is -2.08. The number of hydrogen-bond donors (Lipinski definition) is 3. The van der Waals surface area contributed by atoms with Crippen molar-refractivity contribution in [1.82, 2.24) is 9.97 Å². The lowest BCUT2D eigenvalue weighted by atomic mass is 10.00. The van der Waals surface area contributed by atoms with Crippen LogP contribution >= 0.6 is 0 Å². The van der Waals surface area contributed by atoms with Gasteiger partial charge in [-0.1, -0.05) is 25.1 Å². The van der Waals surface area contributed by atoms with Gasteiger partial charge in [0.1, 0.15) is 11.6 Å². The third-order valence-electron chi connectivity index (χ3n) is 4.49. The Morgan fingerprint density at radius 3 is 2.59 bits per heavy atom. The van der Waals surface area contributed by atoms with E-state index in [4.69, 9.17) is 5.73 Å². The van der Waals surface area contributed by atoms with Crippen molar-refractivity contribution in [3.05, 3.63) is 60.3 Å². The van der Waals surface area contributed by atoms with Crippen LogP contribution in [0.5, 0.6) is 5.75 Å². The fraction of sp³-hybridized carbons (Fsp3) is 0.238. The first kappa shape index (κ1) is 20.6. The van der Waals surface area contributed by atoms with Crippen molar-refractivity contribution in [2.24, 2.45) is 5.73 Å². The summed E-state index contributed by atoms with van der Waals surface area (Å²) in [4.78, 5) is 8.57. The highest BCUT2D eigenvalue weighted by Gasteiger charge is 2.30. The minimum atomic E-state index is -4.43. The number of phenols is 1. The molecule has 5 nitrogen and oxygen atoms in total. The predicted octanol–water partition coefficient (Wildman–Crippen LogP) is 4.68. The van der Waals surface area contributed by atoms with E-state index in [0.717, 1.165) is 18.6 Å². The van der Waals surface area contributed by atoms with Crippen molar-refractivity contribution in [1.29, 1.82) is 0 Å². The molecule has 152 valence electrons. The van der Waals surface area contributed by atoms with Gasteiger partial charge in [-0.15, -0.1) is 0 Å². The quantitative estimate of drug-likeness (QED) is 0.557. The average molecular weight is 402 g/mol. The molecule has 0 aliphatic carbocycles. The van der Waals surface area contributed by atoms with Crippen molar-refractivity contribution < 1.29 is 18.3 Å². The van der Waals surface area contributed by atoms with Gasteiger partial charge in [-0.2, -0.15) is 13.2 Å². The van der Waals surface area contributed by atoms with E-state index < -0.39 is 11.7 Å². The molecule has 0 saturated heterocycles. The van der Waals surface area contributed by atoms with Gasteiger partial charge in [0, 0.05) is 18.8 Å². The molecular formula is C21H21F3N4O. The molecule has 0 spiro atoms. The Bertz CT molecular complexity index is 992. The first-order valence-electron chi connectivity index (χ1n) is 9.11. The van der Waals surface area contributed by atoms with Crippen LogP contribution in [-0.4, -0.2) is 27.7 Å². The highest BCUT2D eigenvalue weighted by atomic mass is 19.4. The summed E-state index contributed by atoms with van der Waals surface area (Å²) in [5.74, 6) is 0.734. The summed E-state index contributed by atoms with van der Waals surface area (Å²) in [6.45, 7) is 2.51. The number of nitrogens with two attached hydrogens (primary N) is 1. The molecule has 3 rings (SSSR count). The van der Waals surface area contributed by atoms with E-state index in [1.54, 1.807) is 30.5 Å². The first-order valence-corrected chi connectivity index (χ1v) is 9.11. The number of phenolic OH excluding ortho intramolecular Hbond substituents is 1. The maximum Gasteiger partial charge on any atom is 0.416 e. The van der Waals surface area contributed by atoms with E-state index >= 15 is 0 Å². The summed E-state index contributed by atoms with van der Waals surface area (Å²) in [6, 6.07) is 11.2. The van der Waals surface area contributed by atoms with Crippen molar-refractivity contribution in [2.45, 2.75) is 25.6 Å². The molecular weight excluding hydrogens is 381 g/mol. The maximum absolute atomic E-state index is 13.0. The Hall–Kier alpha value is -3.13. The fourth-order valence-electron chi connectivity index (χ4n) is 2.74. The van der Waals surface area contributed by atoms with E-state index in [2.05, 4.69) is 15.3 Å². The van der Waals surface area contributed by atoms with E-state index in [1.165, 1.54) is 12.1 Å². The van der Waals surface area contributed by atoms with Crippen LogP contribution < -0.4 is 11.1 Å². The molecule has 29 heavy (non-hydrogen) atoms. The summed E-state index contributed by atoms with van der Waals surface area (Å²) in [7, 11) is 0. The number of halogens is 3. The van der Waals surface area contributed by atoms with E-state index in [-0.39, 0.29) is 17.6 Å². The Morgan fingerprint density at radius 2 is 1.86 bits per heavy atom. The number of rotatable bonds is 6. The van der Waals surface area contributed by atoms with Gasteiger partial charge < -0.3 is 16.2 Å². The summed E-state index contributed by atoms with van der Waals surface area (Å²) < 4.78 is 39.0. The second-order valence-electron chi connectivity index (χ2n) is 6.63. The lowest BCUT2D eigenvalue weighted by molar-refractivity contribution is -0.137. The molecule has 0 aliphatic heterocycles. The van der Waals surface area contributed by atoms with Gasteiger partial charge in [-0.05, 0) is 47.9 Å². The number of nitrogens with one attached hydrogen (secondary N) is 1. The summed E-state index contributed by atoms with van der Waals surface area (Å²) in [5.41, 5.74) is 6.37. The minimum Gasteiger partial charge on any atom is -0.507 e. The van der Waals surface area contributed by atoms with Gasteiger partial charge in [-0.3, -0.25) is 0 Å². The van der Waals surface area contributed by atoms with Crippen molar-refractivity contribution in [2.75, 3.05) is 11.9 Å². The summed E-state index contributed by atoms with van der Waals surface area (Å²) in [5, 5.41) is 13.4. The van der Waals surface area contributed by atoms with Gasteiger partial charge in [0.25, 0.3) is 0 Å². The normalized spacial score (nSPS) is 12.6. The molecule has 0 amide bonds. The third kappa shape index (κ3) is 5.03. The fourth-order valence-corrected chi connectivity index (χ4v) is 2.74. The molecule has 0 fully saturated rings. The Balaban J connectivity index is 1.94. The SMILES string of the molecule is CC[C@H](N)CNc1ccnc(-c2cc(-c3cccc(C(F)(F)F)c3)ccc2O)n1. The molecule has 1 aromatic heterocycles. The number of anilines is 1. The number of benzene rings is 2. The third-order valence-corrected chi connectivity index (χ3v) is 4.49. The molecule has 2 aromatic carbocycles. The predicted molar refractivity (Wildman–Crippen MR) is 106 cm³/mol. The van der Waals surface area contributed by atoms with E-state index in [0.29, 0.717) is 29.1 Å². The molecule has 0 aliphatic rings. The number of alkyl halides is 3. The molecule has 0 saturated carbocycles. The minimum absolute atomic E-state index is 0.0222. The number of aromatic nitrogens is 2. The van der Waals surface area contributed by atoms with Crippen LogP contribution in [0, 0.1) is 0 Å². The number of aromatic hydroxyl groups is 1. The lowest BCUT2D eigenvalue weighted by Gasteiger charge is -2.12. The zero-order valence-electron chi connectivity index (χ0n) is 15.7. The molecule has 0 bridgehead atoms. The van der Waals surface area contributed by atoms with Gasteiger partial charge in [-0.25, -0.2) is 9.97 Å². The standard InChI is InChI=1S/C21H21F3N4O/c1-2-16(25)12-27-19-8-9-26-20(28-19)17-11-14(6-7-18(17)29)13-4-3-5-15(10-13)21(22,23)24/h3-11,16,29H,2,12,25H2,1H3,(H,26,27,28)/t16-/m0/s1. The maximum atomic E-state index is 13.0. The average Bonchev–Trinajstić information content (AvgIpc) is 2.72. The van der Waals surface area contributed by atoms with Gasteiger partial charge >= 0.3 is 6.18 Å². The van der Waals surface area contributed by atoms with Crippen LogP contribution in [0.25, 0.3) is 22.5 Å². The van der Waals surface area contributed by atoms with Crippen molar-refractivity contribution in [3.8, 4) is 28.3 Å². The molecule has 1 heterocycles. The summed E-state index contributed by atoms with van der Waals surface area (Å²) >= 11 is 0. The van der Waals surface area contributed by atoms with Crippen LogP contribution in [0.3, 0.4) is 0 Å². The number of hydrogen-bond acceptors (Lipinski definition) is 5.